The predicted octanol–water partition coefficient (Wildman–Crippen LogP) is 1.88. The van der Waals surface area contributed by atoms with Crippen LogP contribution in [0.4, 0.5) is 0 Å². The molecule has 2 aromatic rings. The summed E-state index contributed by atoms with van der Waals surface area (Å²) in [5.41, 5.74) is 0.479. The van der Waals surface area contributed by atoms with Crippen LogP contribution in [-0.4, -0.2) is 61.8 Å². The first-order chi connectivity index (χ1) is 13.5. The number of rotatable bonds is 6. The first-order valence-corrected chi connectivity index (χ1v) is 11.7. The molecule has 0 bridgehead atoms. The van der Waals surface area contributed by atoms with E-state index in [1.165, 1.54) is 6.07 Å². The topological polar surface area (TPSA) is 115 Å². The summed E-state index contributed by atoms with van der Waals surface area (Å²) in [6.07, 6.45) is 4.79. The molecule has 4 rings (SSSR count). The summed E-state index contributed by atoms with van der Waals surface area (Å²) < 4.78 is 38.6. The van der Waals surface area contributed by atoms with Gasteiger partial charge in [-0.1, -0.05) is 0 Å². The highest BCUT2D eigenvalue weighted by atomic mass is 32.2. The van der Waals surface area contributed by atoms with Crippen LogP contribution in [0.3, 0.4) is 0 Å². The van der Waals surface area contributed by atoms with E-state index in [2.05, 4.69) is 14.9 Å². The van der Waals surface area contributed by atoms with E-state index < -0.39 is 10.0 Å². The molecule has 0 unspecified atom stereocenters. The monoisotopic (exact) mass is 426 g/mol. The second kappa shape index (κ2) is 8.27. The molecular weight excluding hydrogens is 404 g/mol. The standard InChI is InChI=1S/C17H22N4O5S2/c22-17(21-6-2-1-3-7-21)16-20-19-15(26-16)12-9-14(27-11-12)28(23,24)18-10-13-5-4-8-25-13/h9,11,13,18H,1-8,10H2/t13-/m0/s1. The van der Waals surface area contributed by atoms with Crippen LogP contribution in [0.5, 0.6) is 0 Å². The first-order valence-electron chi connectivity index (χ1n) is 9.36. The number of carbonyl (C=O) groups is 1. The summed E-state index contributed by atoms with van der Waals surface area (Å²) in [6, 6.07) is 1.48. The van der Waals surface area contributed by atoms with Gasteiger partial charge in [0.05, 0.1) is 11.7 Å². The number of likely N-dealkylation sites (tertiary alicyclic amines) is 1. The number of nitrogens with zero attached hydrogens (tertiary/aromatic N) is 3. The second-order valence-corrected chi connectivity index (χ2v) is 9.81. The lowest BCUT2D eigenvalue weighted by atomic mass is 10.1. The van der Waals surface area contributed by atoms with E-state index in [4.69, 9.17) is 9.15 Å². The number of hydrogen-bond donors (Lipinski definition) is 1. The summed E-state index contributed by atoms with van der Waals surface area (Å²) in [5, 5.41) is 9.39. The molecule has 1 N–H and O–H groups in total. The number of nitrogens with one attached hydrogen (secondary N) is 1. The number of amides is 1. The fourth-order valence-electron chi connectivity index (χ4n) is 3.31. The maximum absolute atomic E-state index is 12.5. The van der Waals surface area contributed by atoms with Crippen molar-refractivity contribution in [1.82, 2.24) is 19.8 Å². The lowest BCUT2D eigenvalue weighted by molar-refractivity contribution is 0.0684. The third-order valence-electron chi connectivity index (χ3n) is 4.86. The van der Waals surface area contributed by atoms with Gasteiger partial charge in [0.1, 0.15) is 4.21 Å². The van der Waals surface area contributed by atoms with E-state index in [-0.39, 0.29) is 34.5 Å². The van der Waals surface area contributed by atoms with Crippen molar-refractivity contribution in [2.75, 3.05) is 26.2 Å². The van der Waals surface area contributed by atoms with E-state index in [0.29, 0.717) is 25.3 Å². The van der Waals surface area contributed by atoms with Crippen molar-refractivity contribution in [2.24, 2.45) is 0 Å². The molecule has 1 amide bonds. The lowest BCUT2D eigenvalue weighted by Crippen LogP contribution is -2.35. The maximum atomic E-state index is 12.5. The molecule has 0 aromatic carbocycles. The second-order valence-electron chi connectivity index (χ2n) is 6.91. The molecule has 2 aliphatic heterocycles. The molecule has 0 spiro atoms. The van der Waals surface area contributed by atoms with Crippen LogP contribution >= 0.6 is 11.3 Å². The highest BCUT2D eigenvalue weighted by molar-refractivity contribution is 7.91. The van der Waals surface area contributed by atoms with Gasteiger partial charge in [-0.2, -0.15) is 0 Å². The average Bonchev–Trinajstić information content (AvgIpc) is 3.48. The smallest absolute Gasteiger partial charge is 0.311 e. The number of carbonyl (C=O) groups excluding carboxylic acids is 1. The van der Waals surface area contributed by atoms with Crippen molar-refractivity contribution in [3.8, 4) is 11.5 Å². The van der Waals surface area contributed by atoms with E-state index in [9.17, 15) is 13.2 Å². The van der Waals surface area contributed by atoms with Gasteiger partial charge in [-0.05, 0) is 38.2 Å². The van der Waals surface area contributed by atoms with Crippen molar-refractivity contribution in [2.45, 2.75) is 42.4 Å². The molecule has 28 heavy (non-hydrogen) atoms. The molecule has 0 saturated carbocycles. The molecule has 0 aliphatic carbocycles. The molecule has 4 heterocycles. The molecule has 0 radical (unpaired) electrons. The van der Waals surface area contributed by atoms with Gasteiger partial charge in [-0.3, -0.25) is 4.79 Å². The van der Waals surface area contributed by atoms with Crippen LogP contribution in [0.25, 0.3) is 11.5 Å². The quantitative estimate of drug-likeness (QED) is 0.750. The van der Waals surface area contributed by atoms with Crippen LogP contribution in [-0.2, 0) is 14.8 Å². The Hall–Kier alpha value is -1.82. The Kier molecular flexibility index (Phi) is 5.76. The van der Waals surface area contributed by atoms with Crippen molar-refractivity contribution < 1.29 is 22.4 Å². The molecule has 152 valence electrons. The molecule has 1 atom stereocenters. The van der Waals surface area contributed by atoms with E-state index in [1.54, 1.807) is 10.3 Å². The highest BCUT2D eigenvalue weighted by Crippen LogP contribution is 2.28. The SMILES string of the molecule is O=C(c1nnc(-c2csc(S(=O)(=O)NC[C@@H]3CCCO3)c2)o1)N1CCCCC1. The zero-order valence-electron chi connectivity index (χ0n) is 15.3. The summed E-state index contributed by atoms with van der Waals surface area (Å²) in [6.45, 7) is 2.30. The fourth-order valence-corrected chi connectivity index (χ4v) is 5.57. The van der Waals surface area contributed by atoms with Gasteiger partial charge in [0.15, 0.2) is 0 Å². The first kappa shape index (κ1) is 19.5. The van der Waals surface area contributed by atoms with Crippen molar-refractivity contribution in [3.63, 3.8) is 0 Å². The Morgan fingerprint density at radius 3 is 2.82 bits per heavy atom. The van der Waals surface area contributed by atoms with Gasteiger partial charge in [0.25, 0.3) is 0 Å². The summed E-state index contributed by atoms with van der Waals surface area (Å²) in [7, 11) is -3.64. The molecule has 9 nitrogen and oxygen atoms in total. The van der Waals surface area contributed by atoms with Gasteiger partial charge in [-0.15, -0.1) is 21.5 Å². The molecule has 11 heteroatoms. The van der Waals surface area contributed by atoms with Gasteiger partial charge >= 0.3 is 11.8 Å². The van der Waals surface area contributed by atoms with Gasteiger partial charge in [0.2, 0.25) is 15.9 Å². The van der Waals surface area contributed by atoms with E-state index in [1.807, 2.05) is 0 Å². The van der Waals surface area contributed by atoms with Crippen molar-refractivity contribution in [1.29, 1.82) is 0 Å². The highest BCUT2D eigenvalue weighted by Gasteiger charge is 2.26. The Balaban J connectivity index is 1.43. The number of thiophene rings is 1. The van der Waals surface area contributed by atoms with Crippen LogP contribution in [0.15, 0.2) is 20.1 Å². The molecule has 2 aromatic heterocycles. The molecule has 2 saturated heterocycles. The van der Waals surface area contributed by atoms with Gasteiger partial charge in [-0.25, -0.2) is 13.1 Å². The zero-order valence-corrected chi connectivity index (χ0v) is 16.9. The van der Waals surface area contributed by atoms with Crippen molar-refractivity contribution in [3.05, 3.63) is 17.3 Å². The fraction of sp³-hybridized carbons (Fsp3) is 0.588. The number of ether oxygens (including phenoxy) is 1. The number of hydrogen-bond acceptors (Lipinski definition) is 8. The zero-order chi connectivity index (χ0) is 19.6. The Bertz CT molecular complexity index is 927. The minimum absolute atomic E-state index is 0.0657. The minimum atomic E-state index is -3.64. The molecule has 2 aliphatic rings. The number of aromatic nitrogens is 2. The van der Waals surface area contributed by atoms with Crippen LogP contribution in [0.1, 0.15) is 42.8 Å². The lowest BCUT2D eigenvalue weighted by Gasteiger charge is -2.24. The van der Waals surface area contributed by atoms with Crippen LogP contribution in [0, 0.1) is 0 Å². The van der Waals surface area contributed by atoms with E-state index >= 15 is 0 Å². The molecular formula is C17H22N4O5S2. The Morgan fingerprint density at radius 1 is 1.25 bits per heavy atom. The predicted molar refractivity (Wildman–Crippen MR) is 102 cm³/mol. The summed E-state index contributed by atoms with van der Waals surface area (Å²) in [4.78, 5) is 14.1. The maximum Gasteiger partial charge on any atom is 0.311 e. The Morgan fingerprint density at radius 2 is 2.07 bits per heavy atom. The van der Waals surface area contributed by atoms with Crippen LogP contribution in [0.2, 0.25) is 0 Å². The van der Waals surface area contributed by atoms with Gasteiger partial charge in [0, 0.05) is 31.6 Å². The average molecular weight is 427 g/mol. The Labute approximate surface area is 167 Å². The third-order valence-corrected chi connectivity index (χ3v) is 7.73. The third kappa shape index (κ3) is 4.27. The molecule has 2 fully saturated rings. The number of piperidine rings is 1. The largest absolute Gasteiger partial charge is 0.412 e. The minimum Gasteiger partial charge on any atom is -0.412 e. The normalized spacial score (nSPS) is 20.6. The van der Waals surface area contributed by atoms with Crippen molar-refractivity contribution >= 4 is 27.3 Å². The van der Waals surface area contributed by atoms with E-state index in [0.717, 1.165) is 43.4 Å². The number of sulfonamides is 1. The summed E-state index contributed by atoms with van der Waals surface area (Å²) in [5.74, 6) is -0.207. The van der Waals surface area contributed by atoms with Gasteiger partial charge < -0.3 is 14.1 Å². The summed E-state index contributed by atoms with van der Waals surface area (Å²) >= 11 is 1.07. The van der Waals surface area contributed by atoms with Crippen LogP contribution < -0.4 is 4.72 Å².